The molecule has 8 heteroatoms. The van der Waals surface area contributed by atoms with E-state index in [9.17, 15) is 4.79 Å². The van der Waals surface area contributed by atoms with Crippen LogP contribution in [0.25, 0.3) is 0 Å². The van der Waals surface area contributed by atoms with Gasteiger partial charge in [0.15, 0.2) is 5.69 Å². The smallest absolute Gasteiger partial charge is 0.277 e. The van der Waals surface area contributed by atoms with E-state index >= 15 is 0 Å². The second-order valence-electron chi connectivity index (χ2n) is 6.79. The number of hydrogen-bond acceptors (Lipinski definition) is 7. The molecule has 1 fully saturated rings. The van der Waals surface area contributed by atoms with Crippen molar-refractivity contribution in [2.45, 2.75) is 32.6 Å². The van der Waals surface area contributed by atoms with Gasteiger partial charge in [0, 0.05) is 41.7 Å². The van der Waals surface area contributed by atoms with E-state index in [2.05, 4.69) is 31.1 Å². The summed E-state index contributed by atoms with van der Waals surface area (Å²) in [5.41, 5.74) is 2.71. The molecule has 3 N–H and O–H groups in total. The second kappa shape index (κ2) is 7.67. The van der Waals surface area contributed by atoms with Crippen LogP contribution in [0.15, 0.2) is 40.9 Å². The number of anilines is 4. The van der Waals surface area contributed by atoms with Gasteiger partial charge in [-0.3, -0.25) is 4.79 Å². The first-order chi connectivity index (χ1) is 13.6. The van der Waals surface area contributed by atoms with E-state index in [0.29, 0.717) is 29.1 Å². The van der Waals surface area contributed by atoms with Gasteiger partial charge >= 0.3 is 0 Å². The molecule has 2 aromatic heterocycles. The molecule has 144 valence electrons. The molecule has 1 aliphatic carbocycles. The minimum atomic E-state index is -0.280. The lowest BCUT2D eigenvalue weighted by atomic mass is 10.2. The lowest BCUT2D eigenvalue weighted by Crippen LogP contribution is -2.12. The Kier molecular flexibility index (Phi) is 4.92. The monoisotopic (exact) mass is 378 g/mol. The zero-order chi connectivity index (χ0) is 19.5. The molecule has 0 spiro atoms. The average Bonchev–Trinajstić information content (AvgIpc) is 3.40. The van der Waals surface area contributed by atoms with Crippen LogP contribution in [0.3, 0.4) is 0 Å². The Labute approximate surface area is 162 Å². The van der Waals surface area contributed by atoms with Crippen LogP contribution in [-0.4, -0.2) is 27.6 Å². The van der Waals surface area contributed by atoms with Gasteiger partial charge in [-0.25, -0.2) is 4.98 Å². The predicted octanol–water partition coefficient (Wildman–Crippen LogP) is 4.08. The standard InChI is InChI=1S/C20H22N6O2/c1-3-21-20-22-12(2)10-18(25-20)23-14-6-8-15(9-7-14)24-19(27)16-11-17(28-26-16)13-4-5-13/h6-11,13H,3-5H2,1-2H3,(H,24,27)(H2,21,22,23,25). The van der Waals surface area contributed by atoms with Crippen molar-refractivity contribution in [1.29, 1.82) is 0 Å². The third kappa shape index (κ3) is 4.28. The maximum atomic E-state index is 12.3. The van der Waals surface area contributed by atoms with Crippen molar-refractivity contribution in [1.82, 2.24) is 15.1 Å². The first-order valence-corrected chi connectivity index (χ1v) is 9.35. The molecule has 0 saturated heterocycles. The predicted molar refractivity (Wildman–Crippen MR) is 107 cm³/mol. The van der Waals surface area contributed by atoms with Crippen molar-refractivity contribution in [3.05, 3.63) is 53.5 Å². The van der Waals surface area contributed by atoms with Crippen LogP contribution < -0.4 is 16.0 Å². The van der Waals surface area contributed by atoms with E-state index in [4.69, 9.17) is 4.52 Å². The van der Waals surface area contributed by atoms with Crippen LogP contribution in [0.2, 0.25) is 0 Å². The van der Waals surface area contributed by atoms with E-state index in [1.165, 1.54) is 0 Å². The van der Waals surface area contributed by atoms with Crippen LogP contribution in [0.4, 0.5) is 23.1 Å². The molecule has 4 rings (SSSR count). The van der Waals surface area contributed by atoms with Gasteiger partial charge in [0.2, 0.25) is 5.95 Å². The fourth-order valence-electron chi connectivity index (χ4n) is 2.81. The highest BCUT2D eigenvalue weighted by atomic mass is 16.5. The molecule has 28 heavy (non-hydrogen) atoms. The minimum Gasteiger partial charge on any atom is -0.360 e. The lowest BCUT2D eigenvalue weighted by molar-refractivity contribution is 0.101. The van der Waals surface area contributed by atoms with Gasteiger partial charge in [0.25, 0.3) is 5.91 Å². The number of nitrogens with zero attached hydrogens (tertiary/aromatic N) is 3. The van der Waals surface area contributed by atoms with Gasteiger partial charge in [-0.05, 0) is 51.0 Å². The molecule has 0 unspecified atom stereocenters. The van der Waals surface area contributed by atoms with Crippen LogP contribution in [-0.2, 0) is 0 Å². The quantitative estimate of drug-likeness (QED) is 0.569. The number of carbonyl (C=O) groups excluding carboxylic acids is 1. The molecule has 2 heterocycles. The topological polar surface area (TPSA) is 105 Å². The molecule has 0 radical (unpaired) electrons. The number of rotatable bonds is 7. The summed E-state index contributed by atoms with van der Waals surface area (Å²) in [6.07, 6.45) is 2.21. The summed E-state index contributed by atoms with van der Waals surface area (Å²) in [5, 5.41) is 13.0. The van der Waals surface area contributed by atoms with E-state index < -0.39 is 0 Å². The van der Waals surface area contributed by atoms with E-state index in [0.717, 1.165) is 36.5 Å². The van der Waals surface area contributed by atoms with Crippen molar-refractivity contribution < 1.29 is 9.32 Å². The normalized spacial score (nSPS) is 13.2. The van der Waals surface area contributed by atoms with Gasteiger partial charge in [-0.1, -0.05) is 5.16 Å². The summed E-state index contributed by atoms with van der Waals surface area (Å²) in [6, 6.07) is 11.0. The first-order valence-electron chi connectivity index (χ1n) is 9.35. The maximum Gasteiger partial charge on any atom is 0.277 e. The average molecular weight is 378 g/mol. The minimum absolute atomic E-state index is 0.280. The molecule has 1 aliphatic rings. The van der Waals surface area contributed by atoms with Crippen LogP contribution in [0, 0.1) is 6.92 Å². The number of benzene rings is 1. The van der Waals surface area contributed by atoms with Crippen molar-refractivity contribution >= 4 is 29.0 Å². The van der Waals surface area contributed by atoms with E-state index in [-0.39, 0.29) is 5.91 Å². The Morgan fingerprint density at radius 2 is 1.89 bits per heavy atom. The summed E-state index contributed by atoms with van der Waals surface area (Å²) in [5.74, 6) is 2.24. The van der Waals surface area contributed by atoms with Gasteiger partial charge in [-0.15, -0.1) is 0 Å². The molecule has 3 aromatic rings. The number of amides is 1. The summed E-state index contributed by atoms with van der Waals surface area (Å²) in [7, 11) is 0. The highest BCUT2D eigenvalue weighted by Crippen LogP contribution is 2.40. The zero-order valence-corrected chi connectivity index (χ0v) is 15.8. The van der Waals surface area contributed by atoms with Crippen molar-refractivity contribution in [3.63, 3.8) is 0 Å². The molecule has 0 bridgehead atoms. The number of carbonyl (C=O) groups is 1. The fraction of sp³-hybridized carbons (Fsp3) is 0.300. The second-order valence-corrected chi connectivity index (χ2v) is 6.79. The summed E-state index contributed by atoms with van der Waals surface area (Å²) < 4.78 is 5.23. The third-order valence-electron chi connectivity index (χ3n) is 4.35. The van der Waals surface area contributed by atoms with E-state index in [1.807, 2.05) is 44.2 Å². The van der Waals surface area contributed by atoms with E-state index in [1.54, 1.807) is 6.07 Å². The number of hydrogen-bond donors (Lipinski definition) is 3. The highest BCUT2D eigenvalue weighted by molar-refractivity contribution is 6.02. The molecular weight excluding hydrogens is 356 g/mol. The third-order valence-corrected chi connectivity index (χ3v) is 4.35. The molecule has 1 saturated carbocycles. The summed E-state index contributed by atoms with van der Waals surface area (Å²) in [6.45, 7) is 4.67. The lowest BCUT2D eigenvalue weighted by Gasteiger charge is -2.10. The van der Waals surface area contributed by atoms with Gasteiger partial charge in [0.05, 0.1) is 0 Å². The Bertz CT molecular complexity index is 979. The fourth-order valence-corrected chi connectivity index (χ4v) is 2.81. The van der Waals surface area contributed by atoms with Crippen molar-refractivity contribution in [3.8, 4) is 0 Å². The Morgan fingerprint density at radius 3 is 2.61 bits per heavy atom. The van der Waals surface area contributed by atoms with Gasteiger partial charge in [0.1, 0.15) is 11.6 Å². The molecule has 8 nitrogen and oxygen atoms in total. The van der Waals surface area contributed by atoms with Crippen LogP contribution in [0.5, 0.6) is 0 Å². The van der Waals surface area contributed by atoms with Crippen molar-refractivity contribution in [2.75, 3.05) is 22.5 Å². The Balaban J connectivity index is 1.40. The Morgan fingerprint density at radius 1 is 1.14 bits per heavy atom. The SMILES string of the molecule is CCNc1nc(C)cc(Nc2ccc(NC(=O)c3cc(C4CC4)on3)cc2)n1. The molecule has 1 amide bonds. The van der Waals surface area contributed by atoms with Crippen LogP contribution in [0.1, 0.15) is 47.6 Å². The van der Waals surface area contributed by atoms with Gasteiger partial charge in [-0.2, -0.15) is 4.98 Å². The number of aromatic nitrogens is 3. The molecule has 1 aromatic carbocycles. The zero-order valence-electron chi connectivity index (χ0n) is 15.8. The molecular formula is C20H22N6O2. The maximum absolute atomic E-state index is 12.3. The van der Waals surface area contributed by atoms with Crippen molar-refractivity contribution in [2.24, 2.45) is 0 Å². The first kappa shape index (κ1) is 18.0. The summed E-state index contributed by atoms with van der Waals surface area (Å²) in [4.78, 5) is 21.1. The summed E-state index contributed by atoms with van der Waals surface area (Å²) >= 11 is 0. The number of nitrogens with one attached hydrogen (secondary N) is 3. The van der Waals surface area contributed by atoms with Crippen LogP contribution >= 0.6 is 0 Å². The Hall–Kier alpha value is -3.42. The molecule has 0 aliphatic heterocycles. The largest absolute Gasteiger partial charge is 0.360 e. The number of aryl methyl sites for hydroxylation is 1. The van der Waals surface area contributed by atoms with Gasteiger partial charge < -0.3 is 20.5 Å². The highest BCUT2D eigenvalue weighted by Gasteiger charge is 2.28. The molecule has 0 atom stereocenters.